The molecule has 1 aromatic carbocycles. The number of nitrogens with zero attached hydrogens (tertiary/aromatic N) is 4. The average molecular weight is 614 g/mol. The Morgan fingerprint density at radius 2 is 1.38 bits per heavy atom. The monoisotopic (exact) mass is 613 g/mol. The summed E-state index contributed by atoms with van der Waals surface area (Å²) in [5, 5.41) is 3.15. The van der Waals surface area contributed by atoms with Crippen LogP contribution in [0.3, 0.4) is 0 Å². The van der Waals surface area contributed by atoms with Crippen molar-refractivity contribution in [3.05, 3.63) is 46.6 Å². The lowest BCUT2D eigenvalue weighted by atomic mass is 9.80. The predicted octanol–water partition coefficient (Wildman–Crippen LogP) is 6.98. The Kier molecular flexibility index (Phi) is 9.33. The minimum absolute atomic E-state index is 0.0499. The minimum Gasteiger partial charge on any atom is -0.362 e. The smallest absolute Gasteiger partial charge is 0.362 e. The van der Waals surface area contributed by atoms with Gasteiger partial charge < -0.3 is 15.1 Å². The maximum atomic E-state index is 13.7. The highest BCUT2D eigenvalue weighted by Crippen LogP contribution is 2.40. The number of hydrogen-bond donors (Lipinski definition) is 1. The van der Waals surface area contributed by atoms with Gasteiger partial charge in [0.05, 0.1) is 11.1 Å². The van der Waals surface area contributed by atoms with Gasteiger partial charge in [-0.15, -0.1) is 0 Å². The van der Waals surface area contributed by atoms with Crippen LogP contribution in [-0.4, -0.2) is 59.7 Å². The van der Waals surface area contributed by atoms with E-state index in [1.54, 1.807) is 25.2 Å². The summed E-state index contributed by atoms with van der Waals surface area (Å²) in [6.45, 7) is 3.51. The van der Waals surface area contributed by atoms with Gasteiger partial charge in [0, 0.05) is 49.9 Å². The molecule has 42 heavy (non-hydrogen) atoms. The first-order chi connectivity index (χ1) is 19.1. The van der Waals surface area contributed by atoms with Crippen molar-refractivity contribution >= 4 is 17.7 Å². The minimum atomic E-state index is -5.30. The van der Waals surface area contributed by atoms with Gasteiger partial charge in [-0.2, -0.15) is 44.5 Å². The van der Waals surface area contributed by atoms with E-state index in [1.807, 2.05) is 6.92 Å². The second-order valence-corrected chi connectivity index (χ2v) is 11.4. The van der Waals surface area contributed by atoms with Gasteiger partial charge in [0.2, 0.25) is 5.95 Å². The van der Waals surface area contributed by atoms with Crippen LogP contribution in [0.2, 0.25) is 0 Å². The van der Waals surface area contributed by atoms with Gasteiger partial charge in [0.15, 0.2) is 0 Å². The maximum absolute atomic E-state index is 13.7. The molecule has 0 spiro atoms. The lowest BCUT2D eigenvalue weighted by Crippen LogP contribution is -2.53. The third-order valence-corrected chi connectivity index (χ3v) is 7.28. The summed E-state index contributed by atoms with van der Waals surface area (Å²) in [4.78, 5) is 23.5. The Labute approximate surface area is 237 Å². The third kappa shape index (κ3) is 7.97. The fraction of sp³-hybridized carbons (Fsp3) is 0.593. The molecule has 1 heterocycles. The van der Waals surface area contributed by atoms with Gasteiger partial charge in [-0.3, -0.25) is 4.79 Å². The molecule has 0 bridgehead atoms. The summed E-state index contributed by atoms with van der Waals surface area (Å²) in [6, 6.07) is -0.259. The van der Waals surface area contributed by atoms with Gasteiger partial charge in [0.25, 0.3) is 0 Å². The lowest BCUT2D eigenvalue weighted by Gasteiger charge is -2.41. The largest absolute Gasteiger partial charge is 0.471 e. The summed E-state index contributed by atoms with van der Waals surface area (Å²) in [7, 11) is 3.61. The number of rotatable bonds is 7. The van der Waals surface area contributed by atoms with Gasteiger partial charge in [0.1, 0.15) is 5.82 Å². The molecule has 1 saturated carbocycles. The molecule has 1 N–H and O–H groups in total. The van der Waals surface area contributed by atoms with E-state index >= 15 is 0 Å². The van der Waals surface area contributed by atoms with Gasteiger partial charge in [-0.25, -0.2) is 4.98 Å². The molecule has 15 heteroatoms. The zero-order valence-corrected chi connectivity index (χ0v) is 23.6. The van der Waals surface area contributed by atoms with Crippen molar-refractivity contribution in [1.29, 1.82) is 0 Å². The summed E-state index contributed by atoms with van der Waals surface area (Å²) in [6.07, 6.45) is -13.1. The van der Waals surface area contributed by atoms with Gasteiger partial charge in [-0.05, 0) is 56.4 Å². The van der Waals surface area contributed by atoms with Crippen molar-refractivity contribution in [2.75, 3.05) is 30.9 Å². The van der Waals surface area contributed by atoms with Crippen LogP contribution in [0, 0.1) is 6.92 Å². The molecule has 3 rings (SSSR count). The number of aryl methyl sites for hydroxylation is 1. The van der Waals surface area contributed by atoms with E-state index in [0.717, 1.165) is 5.56 Å². The summed E-state index contributed by atoms with van der Waals surface area (Å²) in [5.74, 6) is -1.21. The summed E-state index contributed by atoms with van der Waals surface area (Å²) in [5.41, 5.74) is -4.53. The van der Waals surface area contributed by atoms with Crippen LogP contribution in [0.1, 0.15) is 61.8 Å². The molecule has 1 amide bonds. The molecule has 1 aliphatic rings. The third-order valence-electron chi connectivity index (χ3n) is 7.28. The van der Waals surface area contributed by atoms with E-state index in [2.05, 4.69) is 15.3 Å². The molecule has 0 radical (unpaired) electrons. The van der Waals surface area contributed by atoms with E-state index < -0.39 is 59.1 Å². The zero-order chi connectivity index (χ0) is 31.8. The van der Waals surface area contributed by atoms with E-state index in [9.17, 15) is 44.3 Å². The highest BCUT2D eigenvalue weighted by atomic mass is 19.4. The average Bonchev–Trinajstić information content (AvgIpc) is 2.86. The van der Waals surface area contributed by atoms with E-state index in [0.29, 0.717) is 41.6 Å². The Balaban J connectivity index is 1.86. The van der Waals surface area contributed by atoms with Crippen LogP contribution >= 0.6 is 0 Å². The number of carbonyl (C=O) groups is 1. The van der Waals surface area contributed by atoms with E-state index in [4.69, 9.17) is 0 Å². The van der Waals surface area contributed by atoms with Gasteiger partial charge >= 0.3 is 24.4 Å². The number of halogens is 9. The van der Waals surface area contributed by atoms with Crippen molar-refractivity contribution < 1.29 is 44.3 Å². The zero-order valence-electron chi connectivity index (χ0n) is 23.6. The van der Waals surface area contributed by atoms with E-state index in [1.165, 1.54) is 13.8 Å². The van der Waals surface area contributed by atoms with Crippen molar-refractivity contribution in [2.24, 2.45) is 0 Å². The van der Waals surface area contributed by atoms with Crippen LogP contribution in [-0.2, 0) is 22.6 Å². The first-order valence-electron chi connectivity index (χ1n) is 13.0. The summed E-state index contributed by atoms with van der Waals surface area (Å²) >= 11 is 0. The SMILES string of the molecule is Cc1cnc(NC2CCC(N(CC(C)(C)c3cc(C(F)(F)F)cc(C(F)(F)F)c3)C(=O)C(F)(F)F)CC2)nc1N(C)C. The quantitative estimate of drug-likeness (QED) is 0.342. The highest BCUT2D eigenvalue weighted by Gasteiger charge is 2.47. The molecule has 0 unspecified atom stereocenters. The predicted molar refractivity (Wildman–Crippen MR) is 138 cm³/mol. The number of hydrogen-bond acceptors (Lipinski definition) is 5. The Morgan fingerprint density at radius 1 is 0.881 bits per heavy atom. The summed E-state index contributed by atoms with van der Waals surface area (Å²) < 4.78 is 122. The van der Waals surface area contributed by atoms with Crippen molar-refractivity contribution in [3.63, 3.8) is 0 Å². The number of benzene rings is 1. The Hall–Kier alpha value is -3.26. The van der Waals surface area contributed by atoms with Gasteiger partial charge in [-0.1, -0.05) is 13.8 Å². The van der Waals surface area contributed by atoms with Crippen LogP contribution in [0.4, 0.5) is 51.3 Å². The van der Waals surface area contributed by atoms with Crippen LogP contribution < -0.4 is 10.2 Å². The fourth-order valence-corrected chi connectivity index (χ4v) is 5.06. The molecule has 0 saturated heterocycles. The topological polar surface area (TPSA) is 61.4 Å². The molecular weight excluding hydrogens is 581 g/mol. The first-order valence-corrected chi connectivity index (χ1v) is 13.0. The van der Waals surface area contributed by atoms with Crippen molar-refractivity contribution in [2.45, 2.75) is 82.5 Å². The number of aromatic nitrogens is 2. The second-order valence-electron chi connectivity index (χ2n) is 11.4. The van der Waals surface area contributed by atoms with Crippen LogP contribution in [0.5, 0.6) is 0 Å². The molecule has 1 aromatic heterocycles. The fourth-order valence-electron chi connectivity index (χ4n) is 5.06. The van der Waals surface area contributed by atoms with Crippen molar-refractivity contribution in [3.8, 4) is 0 Å². The standard InChI is InChI=1S/C27H32F9N5O/c1-15-13-37-23(39-21(15)40(4)5)38-19-6-8-20(9-7-19)41(22(42)27(34,35)36)14-24(2,3)16-10-17(25(28,29)30)12-18(11-16)26(31,32)33/h10-13,19-20H,6-9,14H2,1-5H3,(H,37,38,39). The molecule has 1 aliphatic carbocycles. The Morgan fingerprint density at radius 3 is 1.83 bits per heavy atom. The van der Waals surface area contributed by atoms with E-state index in [-0.39, 0.29) is 24.9 Å². The molecular formula is C27H32F9N5O. The normalized spacial score (nSPS) is 18.5. The number of anilines is 2. The lowest BCUT2D eigenvalue weighted by molar-refractivity contribution is -0.189. The number of carbonyl (C=O) groups excluding carboxylic acids is 1. The highest BCUT2D eigenvalue weighted by molar-refractivity contribution is 5.82. The molecule has 2 aromatic rings. The first kappa shape index (κ1) is 33.2. The molecule has 1 fully saturated rings. The van der Waals surface area contributed by atoms with Crippen LogP contribution in [0.15, 0.2) is 24.4 Å². The molecule has 6 nitrogen and oxygen atoms in total. The number of amides is 1. The maximum Gasteiger partial charge on any atom is 0.471 e. The molecule has 234 valence electrons. The number of nitrogens with one attached hydrogen (secondary N) is 1. The van der Waals surface area contributed by atoms with Crippen molar-refractivity contribution in [1.82, 2.24) is 14.9 Å². The number of alkyl halides is 9. The Bertz CT molecular complexity index is 1230. The molecule has 0 aliphatic heterocycles. The second kappa shape index (κ2) is 11.8. The molecule has 0 atom stereocenters. The van der Waals surface area contributed by atoms with Crippen LogP contribution in [0.25, 0.3) is 0 Å².